The fourth-order valence-electron chi connectivity index (χ4n) is 4.48. The van der Waals surface area contributed by atoms with Crippen molar-refractivity contribution in [1.29, 1.82) is 0 Å². The van der Waals surface area contributed by atoms with Crippen LogP contribution in [-0.4, -0.2) is 12.4 Å². The molecule has 38 heavy (non-hydrogen) atoms. The second kappa shape index (κ2) is 10.8. The van der Waals surface area contributed by atoms with Crippen molar-refractivity contribution in [3.05, 3.63) is 123 Å². The van der Waals surface area contributed by atoms with E-state index in [0.29, 0.717) is 17.8 Å². The number of benzene rings is 4. The third kappa shape index (κ3) is 5.27. The molecule has 0 bridgehead atoms. The van der Waals surface area contributed by atoms with Crippen molar-refractivity contribution in [3.8, 4) is 0 Å². The van der Waals surface area contributed by atoms with Crippen LogP contribution in [0.15, 0.2) is 100 Å². The molecule has 0 unspecified atom stereocenters. The van der Waals surface area contributed by atoms with Crippen molar-refractivity contribution in [1.82, 2.24) is 3.97 Å². The molecule has 0 radical (unpaired) electrons. The van der Waals surface area contributed by atoms with Gasteiger partial charge in [0.2, 0.25) is 0 Å². The molecule has 5 rings (SSSR count). The number of anilines is 2. The molecule has 4 aromatic carbocycles. The van der Waals surface area contributed by atoms with E-state index in [1.54, 1.807) is 12.1 Å². The first-order chi connectivity index (χ1) is 18.2. The molecular weight excluding hydrogens is 560 g/mol. The third-order valence-electron chi connectivity index (χ3n) is 6.75. The summed E-state index contributed by atoms with van der Waals surface area (Å²) < 4.78 is 36.0. The van der Waals surface area contributed by atoms with Crippen molar-refractivity contribution in [2.75, 3.05) is 5.32 Å². The molecule has 5 nitrogen and oxygen atoms in total. The maximum atomic E-state index is 13.8. The van der Waals surface area contributed by atoms with E-state index >= 15 is 0 Å². The van der Waals surface area contributed by atoms with Crippen LogP contribution >= 0.6 is 15.9 Å². The van der Waals surface area contributed by atoms with E-state index in [0.717, 1.165) is 32.4 Å². The summed E-state index contributed by atoms with van der Waals surface area (Å²) in [6, 6.07) is 28.6. The molecule has 0 atom stereocenters. The maximum absolute atomic E-state index is 13.8. The summed E-state index contributed by atoms with van der Waals surface area (Å²) in [7, 11) is -3.83. The highest BCUT2D eigenvalue weighted by Crippen LogP contribution is 2.30. The summed E-state index contributed by atoms with van der Waals surface area (Å²) in [5.41, 5.74) is 7.59. The highest BCUT2D eigenvalue weighted by Gasteiger charge is 2.23. The molecule has 0 saturated carbocycles. The Labute approximate surface area is 232 Å². The van der Waals surface area contributed by atoms with Gasteiger partial charge in [0.1, 0.15) is 0 Å². The third-order valence-corrected chi connectivity index (χ3v) is 9.02. The molecule has 1 heterocycles. The molecule has 1 aromatic heterocycles. The average Bonchev–Trinajstić information content (AvgIpc) is 3.26. The summed E-state index contributed by atoms with van der Waals surface area (Å²) in [4.78, 5) is 0.243. The Kier molecular flexibility index (Phi) is 7.43. The zero-order chi connectivity index (χ0) is 26.9. The highest BCUT2D eigenvalue weighted by atomic mass is 79.9. The lowest BCUT2D eigenvalue weighted by Gasteiger charge is -2.16. The number of nitrogens with zero attached hydrogens (tertiary/aromatic N) is 1. The predicted molar refractivity (Wildman–Crippen MR) is 158 cm³/mol. The van der Waals surface area contributed by atoms with E-state index in [1.165, 1.54) is 15.1 Å². The molecule has 0 spiro atoms. The lowest BCUT2D eigenvalue weighted by atomic mass is 10.1. The Bertz CT molecular complexity index is 1720. The van der Waals surface area contributed by atoms with Crippen LogP contribution in [0, 0.1) is 20.8 Å². The number of aryl methyl sites for hydroxylation is 2. The van der Waals surface area contributed by atoms with E-state index in [9.17, 15) is 8.42 Å². The van der Waals surface area contributed by atoms with Gasteiger partial charge >= 0.3 is 0 Å². The Balaban J connectivity index is 1.44. The summed E-state index contributed by atoms with van der Waals surface area (Å²) >= 11 is 3.50. The van der Waals surface area contributed by atoms with Gasteiger partial charge in [0.15, 0.2) is 0 Å². The number of aromatic nitrogens is 1. The van der Waals surface area contributed by atoms with Crippen molar-refractivity contribution >= 4 is 48.2 Å². The molecule has 7 heteroatoms. The SMILES string of the molecule is Cc1ccc(S(=O)(=O)n2c(COCc3ccccc3Nc3cccc(C)c3C)cc3cc(Br)ccc32)cc1. The first-order valence-corrected chi connectivity index (χ1v) is 14.6. The van der Waals surface area contributed by atoms with Crippen molar-refractivity contribution in [2.24, 2.45) is 0 Å². The quantitative estimate of drug-likeness (QED) is 0.199. The van der Waals surface area contributed by atoms with Gasteiger partial charge in [-0.3, -0.25) is 0 Å². The second-order valence-electron chi connectivity index (χ2n) is 9.44. The summed E-state index contributed by atoms with van der Waals surface area (Å²) in [5, 5.41) is 4.36. The van der Waals surface area contributed by atoms with Crippen LogP contribution in [0.3, 0.4) is 0 Å². The zero-order valence-corrected chi connectivity index (χ0v) is 23.9. The fourth-order valence-corrected chi connectivity index (χ4v) is 6.39. The highest BCUT2D eigenvalue weighted by molar-refractivity contribution is 9.10. The Hall–Kier alpha value is -3.39. The molecule has 194 valence electrons. The minimum absolute atomic E-state index is 0.134. The zero-order valence-electron chi connectivity index (χ0n) is 21.5. The number of halogens is 1. The van der Waals surface area contributed by atoms with Gasteiger partial charge in [0.25, 0.3) is 10.0 Å². The molecular formula is C31H29BrN2O3S. The number of para-hydroxylation sites is 1. The number of hydrogen-bond donors (Lipinski definition) is 1. The molecule has 0 aliphatic carbocycles. The number of nitrogens with one attached hydrogen (secondary N) is 1. The van der Waals surface area contributed by atoms with Crippen molar-refractivity contribution in [3.63, 3.8) is 0 Å². The molecule has 0 aliphatic rings. The van der Waals surface area contributed by atoms with E-state index in [2.05, 4.69) is 47.2 Å². The van der Waals surface area contributed by atoms with Gasteiger partial charge in [-0.05, 0) is 80.4 Å². The lowest BCUT2D eigenvalue weighted by molar-refractivity contribution is 0.105. The smallest absolute Gasteiger partial charge is 0.268 e. The van der Waals surface area contributed by atoms with E-state index in [1.807, 2.05) is 73.7 Å². The fraction of sp³-hybridized carbons (Fsp3) is 0.161. The average molecular weight is 590 g/mol. The van der Waals surface area contributed by atoms with Gasteiger partial charge < -0.3 is 10.1 Å². The summed E-state index contributed by atoms with van der Waals surface area (Å²) in [6.45, 7) is 6.59. The largest absolute Gasteiger partial charge is 0.370 e. The molecule has 0 saturated heterocycles. The monoisotopic (exact) mass is 588 g/mol. The van der Waals surface area contributed by atoms with Crippen LogP contribution in [0.1, 0.15) is 27.9 Å². The molecule has 0 amide bonds. The minimum Gasteiger partial charge on any atom is -0.370 e. The summed E-state index contributed by atoms with van der Waals surface area (Å²) in [5.74, 6) is 0. The number of ether oxygens (including phenoxy) is 1. The van der Waals surface area contributed by atoms with E-state index < -0.39 is 10.0 Å². The normalized spacial score (nSPS) is 11.7. The van der Waals surface area contributed by atoms with E-state index in [4.69, 9.17) is 4.74 Å². The number of hydrogen-bond acceptors (Lipinski definition) is 4. The standard InChI is InChI=1S/C31H29BrN2O3S/c1-21-11-14-28(15-12-21)38(35,36)34-27(18-25-17-26(32)13-16-31(25)34)20-37-19-24-8-4-5-9-30(24)33-29-10-6-7-22(2)23(29)3/h4-18,33H,19-20H2,1-3H3. The van der Waals surface area contributed by atoms with Crippen LogP contribution in [0.25, 0.3) is 10.9 Å². The van der Waals surface area contributed by atoms with Crippen molar-refractivity contribution < 1.29 is 13.2 Å². The van der Waals surface area contributed by atoms with Crippen LogP contribution in [-0.2, 0) is 28.0 Å². The van der Waals surface area contributed by atoms with Gasteiger partial charge in [-0.25, -0.2) is 12.4 Å². The van der Waals surface area contributed by atoms with Gasteiger partial charge in [-0.2, -0.15) is 0 Å². The number of rotatable bonds is 8. The van der Waals surface area contributed by atoms with Crippen molar-refractivity contribution in [2.45, 2.75) is 38.9 Å². The Morgan fingerprint density at radius 3 is 2.34 bits per heavy atom. The molecule has 5 aromatic rings. The van der Waals surface area contributed by atoms with Crippen LogP contribution in [0.4, 0.5) is 11.4 Å². The van der Waals surface area contributed by atoms with Crippen LogP contribution < -0.4 is 5.32 Å². The van der Waals surface area contributed by atoms with Crippen LogP contribution in [0.5, 0.6) is 0 Å². The first-order valence-electron chi connectivity index (χ1n) is 12.3. The van der Waals surface area contributed by atoms with Gasteiger partial charge in [0, 0.05) is 26.8 Å². The van der Waals surface area contributed by atoms with Gasteiger partial charge in [-0.15, -0.1) is 0 Å². The minimum atomic E-state index is -3.83. The van der Waals surface area contributed by atoms with E-state index in [-0.39, 0.29) is 11.5 Å². The van der Waals surface area contributed by atoms with Crippen LogP contribution in [0.2, 0.25) is 0 Å². The lowest BCUT2D eigenvalue weighted by Crippen LogP contribution is -2.16. The predicted octanol–water partition coefficient (Wildman–Crippen LogP) is 8.03. The molecule has 0 fully saturated rings. The maximum Gasteiger partial charge on any atom is 0.268 e. The Morgan fingerprint density at radius 2 is 1.55 bits per heavy atom. The molecule has 0 aliphatic heterocycles. The van der Waals surface area contributed by atoms with Gasteiger partial charge in [-0.1, -0.05) is 64.0 Å². The first kappa shape index (κ1) is 26.2. The topological polar surface area (TPSA) is 60.3 Å². The Morgan fingerprint density at radius 1 is 0.816 bits per heavy atom. The number of fused-ring (bicyclic) bond motifs is 1. The second-order valence-corrected chi connectivity index (χ2v) is 12.1. The summed E-state index contributed by atoms with van der Waals surface area (Å²) in [6.07, 6.45) is 0. The van der Waals surface area contributed by atoms with Gasteiger partial charge in [0.05, 0.1) is 29.3 Å². The molecule has 1 N–H and O–H groups in total.